The Balaban J connectivity index is 0.00000152. The van der Waals surface area contributed by atoms with Gasteiger partial charge in [0.1, 0.15) is 0 Å². The maximum absolute atomic E-state index is 6.25. The molecule has 0 unspecified atom stereocenters. The van der Waals surface area contributed by atoms with Gasteiger partial charge in [0.2, 0.25) is 0 Å². The first-order valence-electron chi connectivity index (χ1n) is 23.9. The Morgan fingerprint density at radius 2 is 0.740 bits per heavy atom. The van der Waals surface area contributed by atoms with Gasteiger partial charge >= 0.3 is 20.1 Å². The van der Waals surface area contributed by atoms with Crippen LogP contribution in [0.1, 0.15) is 52.7 Å². The summed E-state index contributed by atoms with van der Waals surface area (Å²) < 4.78 is 0. The summed E-state index contributed by atoms with van der Waals surface area (Å²) in [4.78, 5) is 14.7. The van der Waals surface area contributed by atoms with Gasteiger partial charge in [-0.25, -0.2) is 0 Å². The standard InChI is InChI=1S/C65H54N3.2CN.Ir/c1-64(2,3)53-36-51(39-66-41-53)58-26-15-13-23-55(58)48-33-49(56-24-14-16-27-59(56)52-37-54(42-67-40-52)65(4,5)6)35-50(34-48)57-25-17-18-28-60(57)62-43-68-63(47-21-11-8-12-22-47)38-61(62)46-31-29-45(30-32-46)44-19-9-7-10-20-44;2*1-2;/h7-21,23-43H,1-6H3;;;/q3*-1;+3. The molecule has 5 nitrogen and oxygen atoms in total. The summed E-state index contributed by atoms with van der Waals surface area (Å²) in [7, 11) is 0. The van der Waals surface area contributed by atoms with Gasteiger partial charge in [-0.05, 0) is 130 Å². The molecule has 0 bridgehead atoms. The van der Waals surface area contributed by atoms with E-state index in [0.29, 0.717) is 0 Å². The van der Waals surface area contributed by atoms with Crippen molar-refractivity contribution in [2.75, 3.05) is 0 Å². The summed E-state index contributed by atoms with van der Waals surface area (Å²) in [5.41, 5.74) is 22.0. The van der Waals surface area contributed by atoms with Crippen molar-refractivity contribution in [3.05, 3.63) is 249 Å². The largest absolute Gasteiger partial charge is 3.00 e. The van der Waals surface area contributed by atoms with E-state index < -0.39 is 0 Å². The molecule has 0 aliphatic heterocycles. The van der Waals surface area contributed by atoms with E-state index in [1.807, 2.05) is 43.0 Å². The molecule has 6 heteroatoms. The SMILES string of the molecule is CC(C)(C)c1cncc(-c2ccccc2-c2cc(-c3ccccc3-c3cncc(C(C)(C)C)c3)cc(-c3ccccc3-c3cnc(-c4[c-]cccc4)cc3-c3ccc(-c4ccccc4)cc3)c2)c1.[C-]#N.[C-]#N.[Ir+3]. The molecular formula is C67H54IrN5. The first-order valence-corrected chi connectivity index (χ1v) is 23.9. The second-order valence-corrected chi connectivity index (χ2v) is 19.7. The van der Waals surface area contributed by atoms with Crippen LogP contribution in [0, 0.1) is 29.7 Å². The van der Waals surface area contributed by atoms with Crippen LogP contribution < -0.4 is 0 Å². The molecule has 3 heterocycles. The number of rotatable bonds is 9. The van der Waals surface area contributed by atoms with Crippen molar-refractivity contribution in [3.63, 3.8) is 0 Å². The third-order valence-corrected chi connectivity index (χ3v) is 13.0. The van der Waals surface area contributed by atoms with Gasteiger partial charge in [-0.2, -0.15) is 0 Å². The van der Waals surface area contributed by atoms with Crippen molar-refractivity contribution in [1.82, 2.24) is 15.0 Å². The summed E-state index contributed by atoms with van der Waals surface area (Å²) in [5.74, 6) is 0. The summed E-state index contributed by atoms with van der Waals surface area (Å²) >= 11 is 0. The Morgan fingerprint density at radius 3 is 1.19 bits per heavy atom. The number of hydrogen-bond donors (Lipinski definition) is 0. The summed E-state index contributed by atoms with van der Waals surface area (Å²) in [5, 5.41) is 12.5. The van der Waals surface area contributed by atoms with E-state index in [2.05, 4.69) is 224 Å². The molecule has 0 amide bonds. The molecule has 10 aromatic rings. The van der Waals surface area contributed by atoms with Gasteiger partial charge in [0, 0.05) is 47.7 Å². The van der Waals surface area contributed by atoms with Gasteiger partial charge in [-0.3, -0.25) is 9.97 Å². The van der Waals surface area contributed by atoms with Crippen LogP contribution in [0.2, 0.25) is 0 Å². The van der Waals surface area contributed by atoms with Crippen LogP contribution in [0.25, 0.3) is 100 Å². The van der Waals surface area contributed by atoms with Crippen molar-refractivity contribution in [2.45, 2.75) is 52.4 Å². The summed E-state index contributed by atoms with van der Waals surface area (Å²) in [6, 6.07) is 71.1. The minimum Gasteiger partial charge on any atom is -0.512 e. The predicted octanol–water partition coefficient (Wildman–Crippen LogP) is 17.5. The first-order chi connectivity index (χ1) is 35.0. The fraction of sp³-hybridized carbons (Fsp3) is 0.119. The number of nitrogens with zero attached hydrogens (tertiary/aromatic N) is 5. The van der Waals surface area contributed by atoms with Crippen molar-refractivity contribution in [1.29, 1.82) is 10.5 Å². The summed E-state index contributed by atoms with van der Waals surface area (Å²) in [6.45, 7) is 22.9. The van der Waals surface area contributed by atoms with E-state index in [9.17, 15) is 0 Å². The molecule has 7 aromatic carbocycles. The van der Waals surface area contributed by atoms with Crippen LogP contribution in [0.5, 0.6) is 0 Å². The molecule has 0 spiro atoms. The fourth-order valence-corrected chi connectivity index (χ4v) is 9.11. The van der Waals surface area contributed by atoms with Crippen LogP contribution in [0.15, 0.2) is 219 Å². The molecule has 73 heavy (non-hydrogen) atoms. The van der Waals surface area contributed by atoms with Crippen LogP contribution in [-0.4, -0.2) is 15.0 Å². The molecule has 0 atom stereocenters. The minimum atomic E-state index is -0.0488. The Morgan fingerprint density at radius 1 is 0.342 bits per heavy atom. The Bertz CT molecular complexity index is 3380. The zero-order chi connectivity index (χ0) is 50.8. The average Bonchev–Trinajstić information content (AvgIpc) is 3.44. The van der Waals surface area contributed by atoms with Crippen LogP contribution in [-0.2, 0) is 30.9 Å². The monoisotopic (exact) mass is 1120 g/mol. The molecule has 0 N–H and O–H groups in total. The quantitative estimate of drug-likeness (QED) is 0.134. The Labute approximate surface area is 445 Å². The Kier molecular flexibility index (Phi) is 16.7. The maximum Gasteiger partial charge on any atom is 3.00 e. The average molecular weight is 1120 g/mol. The fourth-order valence-electron chi connectivity index (χ4n) is 9.11. The van der Waals surface area contributed by atoms with Crippen LogP contribution in [0.4, 0.5) is 0 Å². The van der Waals surface area contributed by atoms with Crippen molar-refractivity contribution < 1.29 is 20.1 Å². The molecule has 0 saturated heterocycles. The first kappa shape index (κ1) is 52.4. The van der Waals surface area contributed by atoms with Crippen molar-refractivity contribution in [3.8, 4) is 100 Å². The number of benzene rings is 7. The van der Waals surface area contributed by atoms with Crippen LogP contribution in [0.3, 0.4) is 0 Å². The van der Waals surface area contributed by atoms with E-state index in [4.69, 9.17) is 38.6 Å². The van der Waals surface area contributed by atoms with Gasteiger partial charge in [-0.15, -0.1) is 35.9 Å². The molecule has 0 saturated carbocycles. The second-order valence-electron chi connectivity index (χ2n) is 19.7. The molecule has 0 aliphatic rings. The van der Waals surface area contributed by atoms with Crippen molar-refractivity contribution >= 4 is 0 Å². The van der Waals surface area contributed by atoms with Gasteiger partial charge < -0.3 is 28.7 Å². The molecule has 0 aliphatic carbocycles. The number of pyridine rings is 3. The van der Waals surface area contributed by atoms with E-state index in [1.165, 1.54) is 22.3 Å². The van der Waals surface area contributed by atoms with Gasteiger partial charge in [0.05, 0.1) is 0 Å². The van der Waals surface area contributed by atoms with Crippen molar-refractivity contribution in [2.24, 2.45) is 0 Å². The third kappa shape index (κ3) is 11.7. The van der Waals surface area contributed by atoms with Gasteiger partial charge in [0.25, 0.3) is 0 Å². The van der Waals surface area contributed by atoms with Gasteiger partial charge in [0.15, 0.2) is 0 Å². The number of hydrogen-bond acceptors (Lipinski definition) is 5. The maximum atomic E-state index is 6.25. The topological polar surface area (TPSA) is 86.2 Å². The minimum absolute atomic E-state index is 0. The predicted molar refractivity (Wildman–Crippen MR) is 295 cm³/mol. The van der Waals surface area contributed by atoms with E-state index in [1.54, 1.807) is 0 Å². The molecule has 0 fully saturated rings. The number of aromatic nitrogens is 3. The normalized spacial score (nSPS) is 10.9. The molecular weight excluding hydrogens is 1070 g/mol. The molecule has 10 rings (SSSR count). The smallest absolute Gasteiger partial charge is 0.512 e. The second kappa shape index (κ2) is 23.2. The zero-order valence-corrected chi connectivity index (χ0v) is 44.2. The molecule has 0 radical (unpaired) electrons. The molecule has 3 aromatic heterocycles. The van der Waals surface area contributed by atoms with E-state index in [-0.39, 0.29) is 30.9 Å². The van der Waals surface area contributed by atoms with E-state index in [0.717, 1.165) is 89.1 Å². The summed E-state index contributed by atoms with van der Waals surface area (Å²) in [6.07, 6.45) is 10.0. The zero-order valence-electron chi connectivity index (χ0n) is 41.9. The van der Waals surface area contributed by atoms with Crippen LogP contribution >= 0.6 is 0 Å². The Hall–Kier alpha value is -8.38. The molecule has 356 valence electrons. The van der Waals surface area contributed by atoms with Gasteiger partial charge in [-0.1, -0.05) is 175 Å². The van der Waals surface area contributed by atoms with E-state index >= 15 is 0 Å². The third-order valence-electron chi connectivity index (χ3n) is 13.0.